The second kappa shape index (κ2) is 5.82. The molecule has 0 aromatic heterocycles. The molecule has 94 valence electrons. The number of hydrogen-bond acceptors (Lipinski definition) is 2. The number of benzene rings is 1. The number of carbonyl (C=O) groups is 1. The zero-order valence-electron chi connectivity index (χ0n) is 9.48. The number of anilines is 1. The Morgan fingerprint density at radius 1 is 1.29 bits per heavy atom. The molecule has 0 saturated carbocycles. The Kier molecular flexibility index (Phi) is 5.19. The molecule has 0 unspecified atom stereocenters. The van der Waals surface area contributed by atoms with Crippen LogP contribution in [0.15, 0.2) is 25.6 Å². The number of carbonyl (C=O) groups excluding carboxylic acids is 1. The van der Waals surface area contributed by atoms with Gasteiger partial charge in [0, 0.05) is 20.0 Å². The third-order valence-corrected chi connectivity index (χ3v) is 4.08. The molecule has 0 saturated heterocycles. The molecule has 1 rings (SSSR count). The first-order valence-electron chi connectivity index (χ1n) is 4.94. The van der Waals surface area contributed by atoms with Crippen LogP contribution in [0.3, 0.4) is 0 Å². The molecule has 3 nitrogen and oxygen atoms in total. The molecule has 0 aliphatic rings. The molecule has 0 bridgehead atoms. The Balaban J connectivity index is 3.01. The summed E-state index contributed by atoms with van der Waals surface area (Å²) in [7, 11) is 0. The molecule has 0 atom stereocenters. The lowest BCUT2D eigenvalue weighted by atomic mass is 9.92. The third kappa shape index (κ3) is 3.77. The fourth-order valence-electron chi connectivity index (χ4n) is 1.04. The van der Waals surface area contributed by atoms with E-state index in [4.69, 9.17) is 5.73 Å². The summed E-state index contributed by atoms with van der Waals surface area (Å²) in [5.74, 6) is -0.108. The van der Waals surface area contributed by atoms with E-state index in [1.54, 1.807) is 0 Å². The molecule has 1 aromatic rings. The van der Waals surface area contributed by atoms with E-state index in [2.05, 4.69) is 53.1 Å². The van der Waals surface area contributed by atoms with E-state index in [-0.39, 0.29) is 5.91 Å². The molecule has 0 spiro atoms. The molecule has 3 N–H and O–H groups in total. The van der Waals surface area contributed by atoms with Crippen molar-refractivity contribution in [3.8, 4) is 0 Å². The van der Waals surface area contributed by atoms with Crippen LogP contribution in [0.2, 0.25) is 0 Å². The van der Waals surface area contributed by atoms with Crippen molar-refractivity contribution >= 4 is 59.4 Å². The molecule has 6 heteroatoms. The molecular weight excluding hydrogens is 416 g/mol. The molecule has 0 heterocycles. The Labute approximate surface area is 126 Å². The summed E-state index contributed by atoms with van der Waals surface area (Å²) in [5.41, 5.74) is 5.69. The van der Waals surface area contributed by atoms with Gasteiger partial charge in [-0.05, 0) is 57.8 Å². The minimum Gasteiger partial charge on any atom is -0.329 e. The minimum atomic E-state index is -0.591. The van der Waals surface area contributed by atoms with E-state index in [0.29, 0.717) is 12.2 Å². The molecule has 0 fully saturated rings. The third-order valence-electron chi connectivity index (χ3n) is 2.37. The summed E-state index contributed by atoms with van der Waals surface area (Å²) in [4.78, 5) is 12.0. The van der Waals surface area contributed by atoms with Crippen LogP contribution in [0.5, 0.6) is 0 Å². The van der Waals surface area contributed by atoms with Crippen LogP contribution >= 0.6 is 47.8 Å². The standard InChI is InChI=1S/C11H13Br3N2O/c1-11(2,5-15)10(17)16-9-7(13)3-6(12)4-8(9)14/h3-4H,5,15H2,1-2H3,(H,16,17). The first-order chi connectivity index (χ1) is 7.77. The Morgan fingerprint density at radius 3 is 2.18 bits per heavy atom. The monoisotopic (exact) mass is 426 g/mol. The van der Waals surface area contributed by atoms with Gasteiger partial charge in [-0.15, -0.1) is 0 Å². The van der Waals surface area contributed by atoms with Gasteiger partial charge in [-0.3, -0.25) is 4.79 Å². The zero-order valence-corrected chi connectivity index (χ0v) is 14.2. The van der Waals surface area contributed by atoms with Crippen LogP contribution in [-0.2, 0) is 4.79 Å². The van der Waals surface area contributed by atoms with E-state index in [9.17, 15) is 4.79 Å². The van der Waals surface area contributed by atoms with Crippen LogP contribution in [0.25, 0.3) is 0 Å². The lowest BCUT2D eigenvalue weighted by Gasteiger charge is -2.22. The number of rotatable bonds is 3. The van der Waals surface area contributed by atoms with E-state index < -0.39 is 5.41 Å². The van der Waals surface area contributed by atoms with Gasteiger partial charge in [0.05, 0.1) is 11.1 Å². The fourth-order valence-corrected chi connectivity index (χ4v) is 3.49. The summed E-state index contributed by atoms with van der Waals surface area (Å²) in [6.45, 7) is 3.91. The first-order valence-corrected chi connectivity index (χ1v) is 7.32. The number of halogens is 3. The maximum atomic E-state index is 12.0. The van der Waals surface area contributed by atoms with E-state index in [0.717, 1.165) is 13.4 Å². The number of hydrogen-bond donors (Lipinski definition) is 2. The van der Waals surface area contributed by atoms with Crippen molar-refractivity contribution in [3.63, 3.8) is 0 Å². The summed E-state index contributed by atoms with van der Waals surface area (Å²) >= 11 is 10.2. The van der Waals surface area contributed by atoms with Crippen LogP contribution in [0.4, 0.5) is 5.69 Å². The summed E-state index contributed by atoms with van der Waals surface area (Å²) in [5, 5.41) is 2.86. The molecule has 0 aliphatic heterocycles. The highest BCUT2D eigenvalue weighted by Crippen LogP contribution is 2.35. The number of amides is 1. The van der Waals surface area contributed by atoms with Crippen molar-refractivity contribution < 1.29 is 4.79 Å². The number of nitrogens with one attached hydrogen (secondary N) is 1. The van der Waals surface area contributed by atoms with Gasteiger partial charge in [0.1, 0.15) is 0 Å². The van der Waals surface area contributed by atoms with Crippen LogP contribution in [0.1, 0.15) is 13.8 Å². The average molecular weight is 429 g/mol. The molecule has 0 aliphatic carbocycles. The van der Waals surface area contributed by atoms with Gasteiger partial charge in [0.2, 0.25) is 5.91 Å². The van der Waals surface area contributed by atoms with Gasteiger partial charge < -0.3 is 11.1 Å². The van der Waals surface area contributed by atoms with Gasteiger partial charge in [0.15, 0.2) is 0 Å². The Bertz CT molecular complexity index is 423. The van der Waals surface area contributed by atoms with E-state index in [1.165, 1.54) is 0 Å². The molecule has 1 aromatic carbocycles. The van der Waals surface area contributed by atoms with Crippen LogP contribution in [0, 0.1) is 5.41 Å². The van der Waals surface area contributed by atoms with Gasteiger partial charge in [0.25, 0.3) is 0 Å². The van der Waals surface area contributed by atoms with E-state index >= 15 is 0 Å². The quantitative estimate of drug-likeness (QED) is 0.767. The SMILES string of the molecule is CC(C)(CN)C(=O)Nc1c(Br)cc(Br)cc1Br. The lowest BCUT2D eigenvalue weighted by molar-refractivity contribution is -0.123. The van der Waals surface area contributed by atoms with Crippen molar-refractivity contribution in [1.29, 1.82) is 0 Å². The van der Waals surface area contributed by atoms with E-state index in [1.807, 2.05) is 26.0 Å². The van der Waals surface area contributed by atoms with Gasteiger partial charge in [-0.2, -0.15) is 0 Å². The van der Waals surface area contributed by atoms with Crippen LogP contribution in [-0.4, -0.2) is 12.5 Å². The highest BCUT2D eigenvalue weighted by atomic mass is 79.9. The maximum absolute atomic E-state index is 12.0. The molecule has 0 radical (unpaired) electrons. The van der Waals surface area contributed by atoms with Crippen molar-refractivity contribution in [3.05, 3.63) is 25.6 Å². The second-order valence-corrected chi connectivity index (χ2v) is 6.91. The highest BCUT2D eigenvalue weighted by molar-refractivity contribution is 9.11. The zero-order chi connectivity index (χ0) is 13.2. The van der Waals surface area contributed by atoms with Gasteiger partial charge in [-0.1, -0.05) is 15.9 Å². The molecule has 1 amide bonds. The Morgan fingerprint density at radius 2 is 1.76 bits per heavy atom. The predicted molar refractivity (Wildman–Crippen MR) is 81.0 cm³/mol. The average Bonchev–Trinajstić information content (AvgIpc) is 2.22. The lowest BCUT2D eigenvalue weighted by Crippen LogP contribution is -2.37. The predicted octanol–water partition coefficient (Wildman–Crippen LogP) is 3.90. The van der Waals surface area contributed by atoms with Crippen molar-refractivity contribution in [2.75, 3.05) is 11.9 Å². The summed E-state index contributed by atoms with van der Waals surface area (Å²) < 4.78 is 2.53. The van der Waals surface area contributed by atoms with Crippen LogP contribution < -0.4 is 11.1 Å². The molecule has 17 heavy (non-hydrogen) atoms. The summed E-state index contributed by atoms with van der Waals surface area (Å²) in [6.07, 6.45) is 0. The van der Waals surface area contributed by atoms with Gasteiger partial charge in [-0.25, -0.2) is 0 Å². The second-order valence-electron chi connectivity index (χ2n) is 4.29. The van der Waals surface area contributed by atoms with Crippen molar-refractivity contribution in [1.82, 2.24) is 0 Å². The first kappa shape index (κ1) is 15.1. The van der Waals surface area contributed by atoms with Crippen molar-refractivity contribution in [2.24, 2.45) is 11.1 Å². The van der Waals surface area contributed by atoms with Crippen molar-refractivity contribution in [2.45, 2.75) is 13.8 Å². The minimum absolute atomic E-state index is 0.108. The largest absolute Gasteiger partial charge is 0.329 e. The summed E-state index contributed by atoms with van der Waals surface area (Å²) in [6, 6.07) is 3.74. The Hall–Kier alpha value is 0.0900. The maximum Gasteiger partial charge on any atom is 0.231 e. The topological polar surface area (TPSA) is 55.1 Å². The fraction of sp³-hybridized carbons (Fsp3) is 0.364. The molecular formula is C11H13Br3N2O. The number of nitrogens with two attached hydrogens (primary N) is 1. The van der Waals surface area contributed by atoms with Gasteiger partial charge >= 0.3 is 0 Å². The normalized spacial score (nSPS) is 11.4. The highest BCUT2D eigenvalue weighted by Gasteiger charge is 2.26. The smallest absolute Gasteiger partial charge is 0.231 e.